The van der Waals surface area contributed by atoms with Crippen LogP contribution in [0, 0.1) is 5.82 Å². The normalized spacial score (nSPS) is 12.2. The molecule has 0 radical (unpaired) electrons. The van der Waals surface area contributed by atoms with Gasteiger partial charge in [-0.25, -0.2) is 9.37 Å². The van der Waals surface area contributed by atoms with Gasteiger partial charge in [-0.15, -0.1) is 0 Å². The lowest BCUT2D eigenvalue weighted by molar-refractivity contribution is 0.631. The maximum absolute atomic E-state index is 14.5. The largest absolute Gasteiger partial charge is 0.338 e. The molecule has 4 heterocycles. The molecule has 1 aromatic carbocycles. The molecule has 156 valence electrons. The van der Waals surface area contributed by atoms with Crippen molar-refractivity contribution in [3.8, 4) is 22.5 Å². The fourth-order valence-electron chi connectivity index (χ4n) is 3.77. The van der Waals surface area contributed by atoms with Gasteiger partial charge in [0.15, 0.2) is 0 Å². The fraction of sp³-hybridized carbons (Fsp3) is 0.0400. The fourth-order valence-corrected chi connectivity index (χ4v) is 3.77. The topological polar surface area (TPSA) is 82.6 Å². The van der Waals surface area contributed by atoms with Gasteiger partial charge in [0.1, 0.15) is 17.2 Å². The minimum atomic E-state index is -0.274. The minimum absolute atomic E-state index is 0.274. The Morgan fingerprint density at radius 2 is 1.97 bits per heavy atom. The molecule has 0 unspecified atom stereocenters. The number of benzene rings is 1. The van der Waals surface area contributed by atoms with Crippen molar-refractivity contribution in [2.45, 2.75) is 6.92 Å². The summed E-state index contributed by atoms with van der Waals surface area (Å²) >= 11 is 0. The lowest BCUT2D eigenvalue weighted by atomic mass is 10.0. The minimum Gasteiger partial charge on any atom is -0.338 e. The van der Waals surface area contributed by atoms with Crippen molar-refractivity contribution in [3.63, 3.8) is 0 Å². The van der Waals surface area contributed by atoms with Crippen LogP contribution in [0.15, 0.2) is 78.7 Å². The van der Waals surface area contributed by atoms with Gasteiger partial charge in [-0.1, -0.05) is 30.9 Å². The molecule has 5 rings (SSSR count). The molecule has 0 atom stereocenters. The first-order valence-electron chi connectivity index (χ1n) is 10.1. The number of fused-ring (bicyclic) bond motifs is 2. The van der Waals surface area contributed by atoms with Crippen LogP contribution in [0.2, 0.25) is 0 Å². The number of aromatic amines is 2. The van der Waals surface area contributed by atoms with Crippen LogP contribution in [-0.4, -0.2) is 31.4 Å². The SMILES string of the molecule is C=CN=C/C(=C\C)c1cc2c(-c3cc4c(-c5ccccc5F)ccnc4[nH]3)n[nH]c2cn1. The predicted molar refractivity (Wildman–Crippen MR) is 127 cm³/mol. The number of hydrogen-bond acceptors (Lipinski definition) is 4. The van der Waals surface area contributed by atoms with E-state index in [2.05, 4.69) is 36.7 Å². The van der Waals surface area contributed by atoms with E-state index in [1.807, 2.05) is 37.3 Å². The molecular weight excluding hydrogens is 403 g/mol. The third kappa shape index (κ3) is 3.30. The maximum atomic E-state index is 14.5. The van der Waals surface area contributed by atoms with Gasteiger partial charge in [-0.2, -0.15) is 5.10 Å². The van der Waals surface area contributed by atoms with Gasteiger partial charge in [0.25, 0.3) is 0 Å². The van der Waals surface area contributed by atoms with E-state index < -0.39 is 0 Å². The van der Waals surface area contributed by atoms with Gasteiger partial charge in [-0.05, 0) is 36.8 Å². The number of hydrogen-bond donors (Lipinski definition) is 2. The monoisotopic (exact) mass is 422 g/mol. The van der Waals surface area contributed by atoms with Crippen LogP contribution in [0.1, 0.15) is 12.6 Å². The summed E-state index contributed by atoms with van der Waals surface area (Å²) in [5.74, 6) is -0.274. The Morgan fingerprint density at radius 1 is 1.09 bits per heavy atom. The second kappa shape index (κ2) is 8.03. The van der Waals surface area contributed by atoms with E-state index in [9.17, 15) is 4.39 Å². The van der Waals surface area contributed by atoms with Crippen molar-refractivity contribution in [3.05, 3.63) is 85.2 Å². The predicted octanol–water partition coefficient (Wildman–Crippen LogP) is 5.92. The summed E-state index contributed by atoms with van der Waals surface area (Å²) in [6.07, 6.45) is 8.56. The Morgan fingerprint density at radius 3 is 2.78 bits per heavy atom. The van der Waals surface area contributed by atoms with Crippen LogP contribution >= 0.6 is 0 Å². The smallest absolute Gasteiger partial charge is 0.138 e. The first-order chi connectivity index (χ1) is 15.7. The second-order valence-electron chi connectivity index (χ2n) is 7.18. The molecule has 32 heavy (non-hydrogen) atoms. The number of aromatic nitrogens is 5. The molecule has 2 N–H and O–H groups in total. The molecule has 0 saturated heterocycles. The van der Waals surface area contributed by atoms with E-state index in [1.54, 1.807) is 30.7 Å². The summed E-state index contributed by atoms with van der Waals surface area (Å²) in [5.41, 5.74) is 5.93. The molecule has 5 aromatic rings. The van der Waals surface area contributed by atoms with Gasteiger partial charge in [0.05, 0.1) is 23.1 Å². The molecule has 0 aliphatic heterocycles. The molecule has 6 nitrogen and oxygen atoms in total. The van der Waals surface area contributed by atoms with Crippen molar-refractivity contribution >= 4 is 33.7 Å². The summed E-state index contributed by atoms with van der Waals surface area (Å²) in [7, 11) is 0. The Hall–Kier alpha value is -4.39. The highest BCUT2D eigenvalue weighted by Gasteiger charge is 2.16. The molecule has 0 saturated carbocycles. The third-order valence-electron chi connectivity index (χ3n) is 5.32. The van der Waals surface area contributed by atoms with Gasteiger partial charge in [0, 0.05) is 40.5 Å². The van der Waals surface area contributed by atoms with E-state index in [1.165, 1.54) is 12.3 Å². The number of pyridine rings is 2. The summed E-state index contributed by atoms with van der Waals surface area (Å²) in [4.78, 5) is 16.4. The summed E-state index contributed by atoms with van der Waals surface area (Å²) in [6, 6.07) is 12.5. The number of aliphatic imine (C=N–C) groups is 1. The lowest BCUT2D eigenvalue weighted by Crippen LogP contribution is -1.90. The zero-order valence-corrected chi connectivity index (χ0v) is 17.3. The van der Waals surface area contributed by atoms with E-state index >= 15 is 0 Å². The number of nitrogens with zero attached hydrogens (tertiary/aromatic N) is 4. The third-order valence-corrected chi connectivity index (χ3v) is 5.32. The summed E-state index contributed by atoms with van der Waals surface area (Å²) in [5, 5.41) is 9.26. The van der Waals surface area contributed by atoms with Crippen LogP contribution in [0.5, 0.6) is 0 Å². The van der Waals surface area contributed by atoms with Crippen LogP contribution in [0.3, 0.4) is 0 Å². The van der Waals surface area contributed by atoms with Crippen LogP contribution in [0.25, 0.3) is 50.0 Å². The van der Waals surface area contributed by atoms with Gasteiger partial charge in [0.2, 0.25) is 0 Å². The van der Waals surface area contributed by atoms with Crippen LogP contribution < -0.4 is 0 Å². The second-order valence-corrected chi connectivity index (χ2v) is 7.18. The van der Waals surface area contributed by atoms with Crippen molar-refractivity contribution in [2.24, 2.45) is 4.99 Å². The Kier molecular flexibility index (Phi) is 4.91. The highest BCUT2D eigenvalue weighted by atomic mass is 19.1. The average Bonchev–Trinajstić information content (AvgIpc) is 3.43. The van der Waals surface area contributed by atoms with Crippen molar-refractivity contribution in [1.29, 1.82) is 0 Å². The number of allylic oxidation sites excluding steroid dienone is 2. The molecule has 0 aliphatic carbocycles. The maximum Gasteiger partial charge on any atom is 0.138 e. The average molecular weight is 422 g/mol. The van der Waals surface area contributed by atoms with E-state index in [0.717, 1.165) is 44.5 Å². The molecule has 7 heteroatoms. The van der Waals surface area contributed by atoms with Crippen molar-refractivity contribution in [1.82, 2.24) is 25.1 Å². The quantitative estimate of drug-likeness (QED) is 0.345. The Bertz CT molecular complexity index is 1520. The highest BCUT2D eigenvalue weighted by molar-refractivity contribution is 6.10. The molecule has 0 bridgehead atoms. The molecule has 0 amide bonds. The van der Waals surface area contributed by atoms with Crippen molar-refractivity contribution in [2.75, 3.05) is 0 Å². The van der Waals surface area contributed by atoms with Gasteiger partial charge >= 0.3 is 0 Å². The van der Waals surface area contributed by atoms with Crippen molar-refractivity contribution < 1.29 is 4.39 Å². The zero-order valence-electron chi connectivity index (χ0n) is 17.3. The summed E-state index contributed by atoms with van der Waals surface area (Å²) < 4.78 is 14.5. The van der Waals surface area contributed by atoms with E-state index in [0.29, 0.717) is 11.2 Å². The van der Waals surface area contributed by atoms with Gasteiger partial charge in [-0.3, -0.25) is 15.1 Å². The first kappa shape index (κ1) is 19.6. The number of halogens is 1. The standard InChI is InChI=1S/C25H19FN6/c1-3-15(13-27-4-2)21-12-19-23(14-29-21)31-32-24(19)22-11-18-16(9-10-28-25(18)30-22)17-7-5-6-8-20(17)26/h3-14H,2H2,1H3,(H,28,30)(H,31,32)/b15-3+,27-13?. The number of nitrogens with one attached hydrogen (secondary N) is 2. The number of rotatable bonds is 5. The van der Waals surface area contributed by atoms with E-state index in [4.69, 9.17) is 0 Å². The molecular formula is C25H19FN6. The zero-order chi connectivity index (χ0) is 22.1. The Balaban J connectivity index is 1.66. The molecule has 4 aromatic heterocycles. The highest BCUT2D eigenvalue weighted by Crippen LogP contribution is 2.34. The molecule has 0 spiro atoms. The van der Waals surface area contributed by atoms with Crippen LogP contribution in [0.4, 0.5) is 4.39 Å². The first-order valence-corrected chi connectivity index (χ1v) is 10.1. The lowest BCUT2D eigenvalue weighted by Gasteiger charge is -2.04. The van der Waals surface area contributed by atoms with E-state index in [-0.39, 0.29) is 5.82 Å². The summed E-state index contributed by atoms with van der Waals surface area (Å²) in [6.45, 7) is 5.55. The molecule has 0 aliphatic rings. The van der Waals surface area contributed by atoms with Crippen LogP contribution in [-0.2, 0) is 0 Å². The molecule has 0 fully saturated rings. The number of H-pyrrole nitrogens is 2. The Labute approximate surface area is 183 Å². The van der Waals surface area contributed by atoms with Gasteiger partial charge < -0.3 is 4.98 Å².